The van der Waals surface area contributed by atoms with E-state index in [1.54, 1.807) is 0 Å². The molecule has 0 aliphatic heterocycles. The number of fused-ring (bicyclic) bond motifs is 8. The Morgan fingerprint density at radius 1 is 0.431 bits per heavy atom. The molecule has 5 heteroatoms. The van der Waals surface area contributed by atoms with Crippen LogP contribution in [0.3, 0.4) is 0 Å². The SMILES string of the molecule is CC1CC(C)(C)c2c(-c3ccc(-n4c5ccccc5c5c6c7ccccc7n(-c7nc(-c8ccccc8)nc(-c8ccc(-c9ccccc9)cc8)n7)c6ccc54)cc3)cccc2C1(C)C. The Morgan fingerprint density at radius 3 is 1.55 bits per heavy atom. The standard InChI is InChI=1S/C60H49N5/c1-38-37-59(2,3)55-45(23-16-24-48(55)60(38,4)5)41-31-33-44(34-32-41)64-49-25-14-12-21-46(49)53-51(64)35-36-52-54(53)47-22-13-15-26-50(47)65(52)58-62-56(42-19-10-7-11-20-42)61-57(63-58)43-29-27-40(28-30-43)39-17-8-6-9-18-39/h6-36,38H,37H2,1-5H3. The highest BCUT2D eigenvalue weighted by Gasteiger charge is 2.43. The van der Waals surface area contributed by atoms with Gasteiger partial charge in [0.2, 0.25) is 5.95 Å². The predicted octanol–water partition coefficient (Wildman–Crippen LogP) is 15.3. The molecule has 0 saturated heterocycles. The molecule has 11 aromatic rings. The summed E-state index contributed by atoms with van der Waals surface area (Å²) in [7, 11) is 0. The van der Waals surface area contributed by atoms with Crippen molar-refractivity contribution in [3.8, 4) is 56.7 Å². The van der Waals surface area contributed by atoms with E-state index >= 15 is 0 Å². The van der Waals surface area contributed by atoms with Gasteiger partial charge in [0, 0.05) is 38.4 Å². The first-order valence-corrected chi connectivity index (χ1v) is 22.8. The number of hydrogen-bond donors (Lipinski definition) is 0. The Morgan fingerprint density at radius 2 is 0.923 bits per heavy atom. The number of rotatable bonds is 6. The fourth-order valence-corrected chi connectivity index (χ4v) is 11.0. The first kappa shape index (κ1) is 39.0. The van der Waals surface area contributed by atoms with E-state index in [0.29, 0.717) is 23.5 Å². The number of benzene rings is 8. The van der Waals surface area contributed by atoms with Crippen LogP contribution in [0.15, 0.2) is 188 Å². The Balaban J connectivity index is 1.04. The highest BCUT2D eigenvalue weighted by molar-refractivity contribution is 6.28. The zero-order valence-electron chi connectivity index (χ0n) is 37.4. The lowest BCUT2D eigenvalue weighted by molar-refractivity contribution is 0.234. The first-order valence-electron chi connectivity index (χ1n) is 22.8. The second-order valence-corrected chi connectivity index (χ2v) is 19.1. The third kappa shape index (κ3) is 6.17. The summed E-state index contributed by atoms with van der Waals surface area (Å²) in [6.07, 6.45) is 1.17. The monoisotopic (exact) mass is 839 g/mol. The third-order valence-corrected chi connectivity index (χ3v) is 14.5. The van der Waals surface area contributed by atoms with Gasteiger partial charge in [-0.1, -0.05) is 186 Å². The Kier molecular flexibility index (Phi) is 8.83. The van der Waals surface area contributed by atoms with E-state index in [-0.39, 0.29) is 10.8 Å². The molecule has 3 heterocycles. The number of aromatic nitrogens is 5. The Bertz CT molecular complexity index is 3610. The minimum absolute atomic E-state index is 0.0804. The number of nitrogens with zero attached hydrogens (tertiary/aromatic N) is 5. The Labute approximate surface area is 379 Å². The molecule has 0 amide bonds. The van der Waals surface area contributed by atoms with E-state index in [0.717, 1.165) is 44.3 Å². The van der Waals surface area contributed by atoms with E-state index in [9.17, 15) is 0 Å². The molecule has 0 saturated carbocycles. The lowest BCUT2D eigenvalue weighted by Crippen LogP contribution is -2.40. The molecule has 0 spiro atoms. The van der Waals surface area contributed by atoms with Crippen LogP contribution in [0.2, 0.25) is 0 Å². The normalized spacial score (nSPS) is 15.5. The molecule has 1 aliphatic rings. The fourth-order valence-electron chi connectivity index (χ4n) is 11.0. The predicted molar refractivity (Wildman–Crippen MR) is 270 cm³/mol. The van der Waals surface area contributed by atoms with E-state index < -0.39 is 0 Å². The fraction of sp³-hybridized carbons (Fsp3) is 0.150. The topological polar surface area (TPSA) is 48.5 Å². The van der Waals surface area contributed by atoms with Crippen LogP contribution in [0.5, 0.6) is 0 Å². The van der Waals surface area contributed by atoms with Gasteiger partial charge in [0.05, 0.1) is 22.1 Å². The summed E-state index contributed by atoms with van der Waals surface area (Å²) in [6, 6.07) is 67.4. The lowest BCUT2D eigenvalue weighted by atomic mass is 9.57. The second-order valence-electron chi connectivity index (χ2n) is 19.1. The summed E-state index contributed by atoms with van der Waals surface area (Å²) in [4.78, 5) is 15.6. The summed E-state index contributed by atoms with van der Waals surface area (Å²) < 4.78 is 4.66. The highest BCUT2D eigenvalue weighted by atomic mass is 15.2. The van der Waals surface area contributed by atoms with Crippen LogP contribution in [0.4, 0.5) is 0 Å². The lowest BCUT2D eigenvalue weighted by Gasteiger charge is -2.47. The number of para-hydroxylation sites is 2. The van der Waals surface area contributed by atoms with Crippen LogP contribution >= 0.6 is 0 Å². The maximum absolute atomic E-state index is 5.29. The van der Waals surface area contributed by atoms with Crippen molar-refractivity contribution in [1.29, 1.82) is 0 Å². The third-order valence-electron chi connectivity index (χ3n) is 14.5. The van der Waals surface area contributed by atoms with Crippen LogP contribution in [0.1, 0.15) is 52.2 Å². The van der Waals surface area contributed by atoms with Crippen molar-refractivity contribution in [3.05, 3.63) is 199 Å². The van der Waals surface area contributed by atoms with Crippen molar-refractivity contribution in [2.75, 3.05) is 0 Å². The van der Waals surface area contributed by atoms with Gasteiger partial charge in [-0.05, 0) is 92.9 Å². The van der Waals surface area contributed by atoms with Crippen LogP contribution in [0, 0.1) is 5.92 Å². The number of hydrogen-bond acceptors (Lipinski definition) is 3. The summed E-state index contributed by atoms with van der Waals surface area (Å²) >= 11 is 0. The molecule has 1 aliphatic carbocycles. The van der Waals surface area contributed by atoms with Crippen LogP contribution in [-0.2, 0) is 10.8 Å². The van der Waals surface area contributed by atoms with Gasteiger partial charge in [-0.15, -0.1) is 0 Å². The van der Waals surface area contributed by atoms with Gasteiger partial charge in [0.15, 0.2) is 11.6 Å². The van der Waals surface area contributed by atoms with Crippen LogP contribution in [0.25, 0.3) is 100 Å². The maximum atomic E-state index is 5.29. The highest BCUT2D eigenvalue weighted by Crippen LogP contribution is 2.52. The zero-order chi connectivity index (χ0) is 44.0. The van der Waals surface area contributed by atoms with Gasteiger partial charge in [-0.2, -0.15) is 9.97 Å². The van der Waals surface area contributed by atoms with Gasteiger partial charge in [-0.25, -0.2) is 4.98 Å². The van der Waals surface area contributed by atoms with E-state index in [4.69, 9.17) is 15.0 Å². The smallest absolute Gasteiger partial charge is 0.238 e. The molecule has 0 fully saturated rings. The van der Waals surface area contributed by atoms with Crippen molar-refractivity contribution in [2.45, 2.75) is 51.9 Å². The molecular formula is C60H49N5. The molecule has 65 heavy (non-hydrogen) atoms. The average molecular weight is 840 g/mol. The molecule has 8 aromatic carbocycles. The maximum Gasteiger partial charge on any atom is 0.238 e. The molecule has 12 rings (SSSR count). The molecule has 314 valence electrons. The molecule has 0 N–H and O–H groups in total. The van der Waals surface area contributed by atoms with Crippen molar-refractivity contribution in [2.24, 2.45) is 5.92 Å². The molecule has 5 nitrogen and oxygen atoms in total. The molecule has 1 unspecified atom stereocenters. The molecule has 3 aromatic heterocycles. The largest absolute Gasteiger partial charge is 0.309 e. The molecule has 0 radical (unpaired) electrons. The van der Waals surface area contributed by atoms with Crippen molar-refractivity contribution in [3.63, 3.8) is 0 Å². The average Bonchev–Trinajstić information content (AvgIpc) is 3.87. The van der Waals surface area contributed by atoms with Crippen LogP contribution < -0.4 is 0 Å². The van der Waals surface area contributed by atoms with Crippen molar-refractivity contribution in [1.82, 2.24) is 24.1 Å². The molecule has 1 atom stereocenters. The van der Waals surface area contributed by atoms with E-state index in [2.05, 4.69) is 208 Å². The van der Waals surface area contributed by atoms with Crippen molar-refractivity contribution >= 4 is 43.6 Å². The van der Waals surface area contributed by atoms with E-state index in [1.807, 2.05) is 24.3 Å². The minimum Gasteiger partial charge on any atom is -0.309 e. The zero-order valence-corrected chi connectivity index (χ0v) is 37.4. The summed E-state index contributed by atoms with van der Waals surface area (Å²) in [6.45, 7) is 12.1. The van der Waals surface area contributed by atoms with Gasteiger partial charge in [0.1, 0.15) is 0 Å². The summed E-state index contributed by atoms with van der Waals surface area (Å²) in [5.41, 5.74) is 15.5. The summed E-state index contributed by atoms with van der Waals surface area (Å²) in [5, 5.41) is 4.74. The van der Waals surface area contributed by atoms with Gasteiger partial charge in [0.25, 0.3) is 0 Å². The second kappa shape index (κ2) is 14.7. The quantitative estimate of drug-likeness (QED) is 0.168. The first-order chi connectivity index (χ1) is 31.7. The minimum atomic E-state index is 0.0804. The Hall–Kier alpha value is -7.63. The van der Waals surface area contributed by atoms with Gasteiger partial charge >= 0.3 is 0 Å². The molecule has 0 bridgehead atoms. The van der Waals surface area contributed by atoms with Gasteiger partial charge in [-0.3, -0.25) is 4.57 Å². The van der Waals surface area contributed by atoms with Gasteiger partial charge < -0.3 is 4.57 Å². The van der Waals surface area contributed by atoms with Crippen LogP contribution in [-0.4, -0.2) is 24.1 Å². The molecular weight excluding hydrogens is 791 g/mol. The van der Waals surface area contributed by atoms with E-state index in [1.165, 1.54) is 55.9 Å². The van der Waals surface area contributed by atoms with Crippen molar-refractivity contribution < 1.29 is 0 Å². The summed E-state index contributed by atoms with van der Waals surface area (Å²) in [5.74, 6) is 2.43.